The molecule has 1 atom stereocenters. The molecule has 2 amide bonds. The molecular weight excluding hydrogens is 309 g/mol. The lowest BCUT2D eigenvalue weighted by Gasteiger charge is -2.25. The highest BCUT2D eigenvalue weighted by Gasteiger charge is 2.29. The van der Waals surface area contributed by atoms with E-state index in [9.17, 15) is 14.0 Å². The van der Waals surface area contributed by atoms with Crippen LogP contribution in [0.15, 0.2) is 48.8 Å². The maximum Gasteiger partial charge on any atom is 0.254 e. The third kappa shape index (κ3) is 3.42. The molecule has 2 heterocycles. The Morgan fingerprint density at radius 3 is 2.71 bits per heavy atom. The van der Waals surface area contributed by atoms with E-state index in [1.807, 2.05) is 12.1 Å². The average molecular weight is 327 g/mol. The van der Waals surface area contributed by atoms with Crippen LogP contribution in [0.1, 0.15) is 34.8 Å². The second kappa shape index (κ2) is 7.21. The number of pyridine rings is 1. The van der Waals surface area contributed by atoms with Crippen LogP contribution in [0.5, 0.6) is 0 Å². The smallest absolute Gasteiger partial charge is 0.254 e. The molecule has 6 heteroatoms. The predicted molar refractivity (Wildman–Crippen MR) is 86.7 cm³/mol. The zero-order chi connectivity index (χ0) is 16.9. The van der Waals surface area contributed by atoms with Crippen molar-refractivity contribution in [2.24, 2.45) is 0 Å². The van der Waals surface area contributed by atoms with Gasteiger partial charge in [-0.15, -0.1) is 0 Å². The molecule has 1 fully saturated rings. The predicted octanol–water partition coefficient (Wildman–Crippen LogP) is 2.31. The Bertz CT molecular complexity index is 736. The SMILES string of the molecule is O=C(NCC(=O)N1CCCC1c1ccncc1)c1ccccc1F. The molecule has 1 saturated heterocycles. The molecule has 5 nitrogen and oxygen atoms in total. The molecule has 0 aliphatic carbocycles. The summed E-state index contributed by atoms with van der Waals surface area (Å²) in [5.74, 6) is -1.35. The topological polar surface area (TPSA) is 62.3 Å². The highest BCUT2D eigenvalue weighted by Crippen LogP contribution is 2.31. The van der Waals surface area contributed by atoms with Crippen molar-refractivity contribution in [1.29, 1.82) is 0 Å². The minimum absolute atomic E-state index is 0.00543. The number of nitrogens with zero attached hydrogens (tertiary/aromatic N) is 2. The summed E-state index contributed by atoms with van der Waals surface area (Å²) in [6.07, 6.45) is 5.21. The normalized spacial score (nSPS) is 16.9. The first-order valence-electron chi connectivity index (χ1n) is 7.89. The second-order valence-electron chi connectivity index (χ2n) is 5.69. The van der Waals surface area contributed by atoms with E-state index in [-0.39, 0.29) is 24.1 Å². The molecule has 24 heavy (non-hydrogen) atoms. The van der Waals surface area contributed by atoms with Gasteiger partial charge >= 0.3 is 0 Å². The molecule has 0 saturated carbocycles. The van der Waals surface area contributed by atoms with Crippen LogP contribution in [0.4, 0.5) is 4.39 Å². The number of hydrogen-bond acceptors (Lipinski definition) is 3. The molecule has 124 valence electrons. The van der Waals surface area contributed by atoms with Crippen LogP contribution in [0.25, 0.3) is 0 Å². The molecule has 3 rings (SSSR count). The van der Waals surface area contributed by atoms with Gasteiger partial charge in [0, 0.05) is 18.9 Å². The number of amides is 2. The highest BCUT2D eigenvalue weighted by molar-refractivity contribution is 5.96. The first-order valence-corrected chi connectivity index (χ1v) is 7.89. The van der Waals surface area contributed by atoms with E-state index in [2.05, 4.69) is 10.3 Å². The van der Waals surface area contributed by atoms with E-state index in [1.54, 1.807) is 23.4 Å². The first-order chi connectivity index (χ1) is 11.7. The summed E-state index contributed by atoms with van der Waals surface area (Å²) in [5, 5.41) is 2.51. The van der Waals surface area contributed by atoms with Gasteiger partial charge in [-0.1, -0.05) is 12.1 Å². The van der Waals surface area contributed by atoms with Crippen molar-refractivity contribution < 1.29 is 14.0 Å². The van der Waals surface area contributed by atoms with Crippen LogP contribution in [-0.2, 0) is 4.79 Å². The summed E-state index contributed by atoms with van der Waals surface area (Å²) in [4.78, 5) is 30.2. The maximum absolute atomic E-state index is 13.6. The van der Waals surface area contributed by atoms with Crippen LogP contribution in [-0.4, -0.2) is 34.8 Å². The number of hydrogen-bond donors (Lipinski definition) is 1. The standard InChI is InChI=1S/C18H18FN3O2/c19-15-5-2-1-4-14(15)18(24)21-12-17(23)22-11-3-6-16(22)13-7-9-20-10-8-13/h1-2,4-5,7-10,16H,3,6,11-12H2,(H,21,24). The molecular formula is C18H18FN3O2. The Balaban J connectivity index is 1.62. The number of aromatic nitrogens is 1. The lowest BCUT2D eigenvalue weighted by atomic mass is 10.1. The number of rotatable bonds is 4. The number of nitrogens with one attached hydrogen (secondary N) is 1. The molecule has 2 aromatic rings. The van der Waals surface area contributed by atoms with Crippen molar-refractivity contribution in [2.75, 3.05) is 13.1 Å². The quantitative estimate of drug-likeness (QED) is 0.937. The minimum atomic E-state index is -0.599. The van der Waals surface area contributed by atoms with Crippen LogP contribution in [0, 0.1) is 5.82 Å². The Morgan fingerprint density at radius 1 is 1.21 bits per heavy atom. The molecule has 0 radical (unpaired) electrons. The molecule has 0 spiro atoms. The lowest BCUT2D eigenvalue weighted by molar-refractivity contribution is -0.131. The molecule has 1 aliphatic heterocycles. The zero-order valence-electron chi connectivity index (χ0n) is 13.1. The summed E-state index contributed by atoms with van der Waals surface area (Å²) in [6, 6.07) is 9.51. The molecule has 1 unspecified atom stereocenters. The zero-order valence-corrected chi connectivity index (χ0v) is 13.1. The van der Waals surface area contributed by atoms with Crippen molar-refractivity contribution in [3.8, 4) is 0 Å². The number of carbonyl (C=O) groups excluding carboxylic acids is 2. The summed E-state index contributed by atoms with van der Waals surface area (Å²) in [7, 11) is 0. The fourth-order valence-corrected chi connectivity index (χ4v) is 3.00. The largest absolute Gasteiger partial charge is 0.343 e. The Kier molecular flexibility index (Phi) is 4.84. The van der Waals surface area contributed by atoms with Crippen LogP contribution in [0.2, 0.25) is 0 Å². The lowest BCUT2D eigenvalue weighted by Crippen LogP contribution is -2.40. The van der Waals surface area contributed by atoms with Crippen molar-refractivity contribution in [3.05, 3.63) is 65.7 Å². The number of halogens is 1. The van der Waals surface area contributed by atoms with Crippen molar-refractivity contribution in [2.45, 2.75) is 18.9 Å². The summed E-state index contributed by atoms with van der Waals surface area (Å²) >= 11 is 0. The van der Waals surface area contributed by atoms with Crippen molar-refractivity contribution in [3.63, 3.8) is 0 Å². The summed E-state index contributed by atoms with van der Waals surface area (Å²) < 4.78 is 13.6. The van der Waals surface area contributed by atoms with Gasteiger partial charge in [0.2, 0.25) is 5.91 Å². The second-order valence-corrected chi connectivity index (χ2v) is 5.69. The van der Waals surface area contributed by atoms with Crippen LogP contribution < -0.4 is 5.32 Å². The average Bonchev–Trinajstić information content (AvgIpc) is 3.10. The van der Waals surface area contributed by atoms with E-state index < -0.39 is 11.7 Å². The van der Waals surface area contributed by atoms with Crippen LogP contribution >= 0.6 is 0 Å². The fraction of sp³-hybridized carbons (Fsp3) is 0.278. The fourth-order valence-electron chi connectivity index (χ4n) is 3.00. The van der Waals surface area contributed by atoms with Gasteiger partial charge in [-0.3, -0.25) is 14.6 Å². The molecule has 1 N–H and O–H groups in total. The monoisotopic (exact) mass is 327 g/mol. The maximum atomic E-state index is 13.6. The van der Waals surface area contributed by atoms with E-state index in [0.717, 1.165) is 18.4 Å². The molecule has 1 aliphatic rings. The number of benzene rings is 1. The summed E-state index contributed by atoms with van der Waals surface area (Å²) in [6.45, 7) is 0.510. The van der Waals surface area contributed by atoms with Gasteiger partial charge in [0.05, 0.1) is 18.2 Å². The Labute approximate surface area is 139 Å². The van der Waals surface area contributed by atoms with E-state index in [4.69, 9.17) is 0 Å². The number of likely N-dealkylation sites (tertiary alicyclic amines) is 1. The van der Waals surface area contributed by atoms with Gasteiger partial charge in [0.25, 0.3) is 5.91 Å². The molecule has 1 aromatic heterocycles. The third-order valence-electron chi connectivity index (χ3n) is 4.18. The van der Waals surface area contributed by atoms with Crippen molar-refractivity contribution in [1.82, 2.24) is 15.2 Å². The minimum Gasteiger partial charge on any atom is -0.343 e. The number of carbonyl (C=O) groups is 2. The van der Waals surface area contributed by atoms with Gasteiger partial charge in [0.15, 0.2) is 0 Å². The van der Waals surface area contributed by atoms with E-state index >= 15 is 0 Å². The Hall–Kier alpha value is -2.76. The van der Waals surface area contributed by atoms with Gasteiger partial charge < -0.3 is 10.2 Å². The van der Waals surface area contributed by atoms with Gasteiger partial charge in [-0.25, -0.2) is 4.39 Å². The van der Waals surface area contributed by atoms with Gasteiger partial charge in [0.1, 0.15) is 5.82 Å². The van der Waals surface area contributed by atoms with Crippen LogP contribution in [0.3, 0.4) is 0 Å². The summed E-state index contributed by atoms with van der Waals surface area (Å²) in [5.41, 5.74) is 0.980. The molecule has 1 aromatic carbocycles. The highest BCUT2D eigenvalue weighted by atomic mass is 19.1. The van der Waals surface area contributed by atoms with Gasteiger partial charge in [-0.2, -0.15) is 0 Å². The molecule has 0 bridgehead atoms. The Morgan fingerprint density at radius 2 is 1.96 bits per heavy atom. The first kappa shape index (κ1) is 16.1. The van der Waals surface area contributed by atoms with Gasteiger partial charge in [-0.05, 0) is 42.7 Å². The third-order valence-corrected chi connectivity index (χ3v) is 4.18. The van der Waals surface area contributed by atoms with E-state index in [1.165, 1.54) is 18.2 Å². The van der Waals surface area contributed by atoms with Crippen molar-refractivity contribution >= 4 is 11.8 Å². The van der Waals surface area contributed by atoms with E-state index in [0.29, 0.717) is 6.54 Å².